The van der Waals surface area contributed by atoms with Crippen LogP contribution in [0.5, 0.6) is 0 Å². The molecule has 0 aliphatic carbocycles. The molecule has 20 heavy (non-hydrogen) atoms. The second-order valence-corrected chi connectivity index (χ2v) is 7.30. The average molecular weight is 294 g/mol. The predicted molar refractivity (Wildman–Crippen MR) is 84.1 cm³/mol. The number of hydrogen-bond donors (Lipinski definition) is 1. The number of halogens is 1. The van der Waals surface area contributed by atoms with Crippen LogP contribution < -0.4 is 5.32 Å². The lowest BCUT2D eigenvalue weighted by Gasteiger charge is -2.29. The van der Waals surface area contributed by atoms with Gasteiger partial charge in [-0.3, -0.25) is 4.79 Å². The molecule has 1 fully saturated rings. The van der Waals surface area contributed by atoms with Gasteiger partial charge in [-0.05, 0) is 42.0 Å². The van der Waals surface area contributed by atoms with Gasteiger partial charge in [0.25, 0.3) is 0 Å². The summed E-state index contributed by atoms with van der Waals surface area (Å²) in [7, 11) is 0. The Hall–Kier alpha value is -0.860. The van der Waals surface area contributed by atoms with Crippen molar-refractivity contribution in [2.24, 2.45) is 11.3 Å². The molecule has 2 nitrogen and oxygen atoms in total. The van der Waals surface area contributed by atoms with Crippen molar-refractivity contribution in [1.82, 2.24) is 5.32 Å². The summed E-state index contributed by atoms with van der Waals surface area (Å²) in [6.45, 7) is 10.6. The summed E-state index contributed by atoms with van der Waals surface area (Å²) in [5.41, 5.74) is 2.11. The molecule has 0 radical (unpaired) electrons. The number of aryl methyl sites for hydroxylation is 1. The van der Waals surface area contributed by atoms with E-state index in [1.165, 1.54) is 0 Å². The molecule has 1 aromatic carbocycles. The van der Waals surface area contributed by atoms with Crippen molar-refractivity contribution in [3.05, 3.63) is 34.3 Å². The molecule has 2 rings (SSSR count). The fourth-order valence-electron chi connectivity index (χ4n) is 3.32. The van der Waals surface area contributed by atoms with Crippen LogP contribution >= 0.6 is 11.6 Å². The Kier molecular flexibility index (Phi) is 4.27. The third kappa shape index (κ3) is 2.77. The van der Waals surface area contributed by atoms with E-state index in [0.29, 0.717) is 10.8 Å². The van der Waals surface area contributed by atoms with E-state index >= 15 is 0 Å². The van der Waals surface area contributed by atoms with E-state index in [4.69, 9.17) is 11.6 Å². The molecule has 3 atom stereocenters. The van der Waals surface area contributed by atoms with E-state index in [1.54, 1.807) is 0 Å². The molecule has 1 heterocycles. The SMILES string of the molecule is CCC1NC(c2cc(Cl)ccc2C)C(=O)C1C(C)(C)C. The molecule has 1 aromatic rings. The Morgan fingerprint density at radius 1 is 1.30 bits per heavy atom. The first-order valence-corrected chi connectivity index (χ1v) is 7.69. The number of Topliss-reactive ketones (excluding diaryl/α,β-unsaturated/α-hetero) is 1. The van der Waals surface area contributed by atoms with Crippen LogP contribution in [0.3, 0.4) is 0 Å². The van der Waals surface area contributed by atoms with Crippen LogP contribution in [0, 0.1) is 18.3 Å². The zero-order valence-electron chi connectivity index (χ0n) is 13.0. The fourth-order valence-corrected chi connectivity index (χ4v) is 3.50. The molecule has 0 aromatic heterocycles. The van der Waals surface area contributed by atoms with Crippen LogP contribution in [-0.2, 0) is 4.79 Å². The first-order valence-electron chi connectivity index (χ1n) is 7.31. The predicted octanol–water partition coefficient (Wildman–Crippen LogP) is 4.30. The van der Waals surface area contributed by atoms with E-state index in [9.17, 15) is 4.79 Å². The maximum atomic E-state index is 12.9. The van der Waals surface area contributed by atoms with Crippen molar-refractivity contribution < 1.29 is 4.79 Å². The van der Waals surface area contributed by atoms with Crippen molar-refractivity contribution in [3.63, 3.8) is 0 Å². The van der Waals surface area contributed by atoms with Gasteiger partial charge in [-0.15, -0.1) is 0 Å². The summed E-state index contributed by atoms with van der Waals surface area (Å²) >= 11 is 6.10. The van der Waals surface area contributed by atoms with E-state index in [1.807, 2.05) is 25.1 Å². The van der Waals surface area contributed by atoms with E-state index in [2.05, 4.69) is 33.0 Å². The molecule has 1 saturated heterocycles. The van der Waals surface area contributed by atoms with E-state index in [-0.39, 0.29) is 23.4 Å². The number of nitrogens with one attached hydrogen (secondary N) is 1. The quantitative estimate of drug-likeness (QED) is 0.881. The molecule has 0 saturated carbocycles. The molecule has 3 unspecified atom stereocenters. The van der Waals surface area contributed by atoms with Crippen molar-refractivity contribution in [2.45, 2.75) is 53.1 Å². The Labute approximate surface area is 126 Å². The zero-order chi connectivity index (χ0) is 15.1. The van der Waals surface area contributed by atoms with Crippen LogP contribution in [0.25, 0.3) is 0 Å². The smallest absolute Gasteiger partial charge is 0.159 e. The number of benzene rings is 1. The summed E-state index contributed by atoms with van der Waals surface area (Å²) in [4.78, 5) is 12.9. The Morgan fingerprint density at radius 3 is 2.45 bits per heavy atom. The maximum absolute atomic E-state index is 12.9. The fraction of sp³-hybridized carbons (Fsp3) is 0.588. The molecular formula is C17H24ClNO. The van der Waals surface area contributed by atoms with E-state index in [0.717, 1.165) is 17.5 Å². The van der Waals surface area contributed by atoms with Crippen molar-refractivity contribution in [2.75, 3.05) is 0 Å². The largest absolute Gasteiger partial charge is 0.300 e. The second-order valence-electron chi connectivity index (χ2n) is 6.86. The number of carbonyl (C=O) groups excluding carboxylic acids is 1. The standard InChI is InChI=1S/C17H24ClNO/c1-6-13-14(17(3,4)5)16(20)15(19-13)12-9-11(18)8-7-10(12)2/h7-9,13-15,19H,6H2,1-5H3. The van der Waals surface area contributed by atoms with Gasteiger partial charge in [0.1, 0.15) is 0 Å². The highest BCUT2D eigenvalue weighted by Gasteiger charge is 2.47. The normalized spacial score (nSPS) is 27.1. The summed E-state index contributed by atoms with van der Waals surface area (Å²) in [5, 5.41) is 4.21. The highest BCUT2D eigenvalue weighted by molar-refractivity contribution is 6.30. The minimum atomic E-state index is -0.220. The first-order chi connectivity index (χ1) is 9.25. The molecule has 0 amide bonds. The van der Waals surface area contributed by atoms with E-state index < -0.39 is 0 Å². The first kappa shape index (κ1) is 15.5. The van der Waals surface area contributed by atoms with Crippen molar-refractivity contribution in [3.8, 4) is 0 Å². The van der Waals surface area contributed by atoms with Gasteiger partial charge in [-0.2, -0.15) is 0 Å². The van der Waals surface area contributed by atoms with Gasteiger partial charge in [0.05, 0.1) is 6.04 Å². The van der Waals surface area contributed by atoms with Gasteiger partial charge in [0, 0.05) is 17.0 Å². The number of ketones is 1. The molecule has 1 aliphatic rings. The van der Waals surface area contributed by atoms with Crippen LogP contribution in [0.4, 0.5) is 0 Å². The number of carbonyl (C=O) groups is 1. The Bertz CT molecular complexity index is 518. The second kappa shape index (κ2) is 5.50. The van der Waals surface area contributed by atoms with Crippen molar-refractivity contribution in [1.29, 1.82) is 0 Å². The summed E-state index contributed by atoms with van der Waals surface area (Å²) in [6, 6.07) is 5.80. The summed E-state index contributed by atoms with van der Waals surface area (Å²) in [6.07, 6.45) is 0.962. The molecule has 0 spiro atoms. The van der Waals surface area contributed by atoms with Crippen LogP contribution in [-0.4, -0.2) is 11.8 Å². The maximum Gasteiger partial charge on any atom is 0.159 e. The Balaban J connectivity index is 2.40. The van der Waals surface area contributed by atoms with Gasteiger partial charge in [-0.1, -0.05) is 45.4 Å². The van der Waals surface area contributed by atoms with Gasteiger partial charge in [0.2, 0.25) is 0 Å². The topological polar surface area (TPSA) is 29.1 Å². The van der Waals surface area contributed by atoms with Gasteiger partial charge in [-0.25, -0.2) is 0 Å². The summed E-state index contributed by atoms with van der Waals surface area (Å²) < 4.78 is 0. The molecule has 1 N–H and O–H groups in total. The molecular weight excluding hydrogens is 270 g/mol. The lowest BCUT2D eigenvalue weighted by molar-refractivity contribution is -0.124. The number of hydrogen-bond acceptors (Lipinski definition) is 2. The van der Waals surface area contributed by atoms with Crippen LogP contribution in [0.15, 0.2) is 18.2 Å². The summed E-state index contributed by atoms with van der Waals surface area (Å²) in [5.74, 6) is 0.352. The molecule has 110 valence electrons. The minimum absolute atomic E-state index is 0.0218. The lowest BCUT2D eigenvalue weighted by Crippen LogP contribution is -2.35. The Morgan fingerprint density at radius 2 is 1.95 bits per heavy atom. The molecule has 1 aliphatic heterocycles. The van der Waals surface area contributed by atoms with Crippen LogP contribution in [0.2, 0.25) is 5.02 Å². The van der Waals surface area contributed by atoms with Gasteiger partial charge >= 0.3 is 0 Å². The average Bonchev–Trinajstić information content (AvgIpc) is 2.69. The molecule has 0 bridgehead atoms. The van der Waals surface area contributed by atoms with Gasteiger partial charge in [0.15, 0.2) is 5.78 Å². The highest BCUT2D eigenvalue weighted by Crippen LogP contribution is 2.40. The monoisotopic (exact) mass is 293 g/mol. The van der Waals surface area contributed by atoms with Crippen molar-refractivity contribution >= 4 is 17.4 Å². The van der Waals surface area contributed by atoms with Crippen LogP contribution in [0.1, 0.15) is 51.3 Å². The lowest BCUT2D eigenvalue weighted by atomic mass is 9.74. The third-order valence-corrected chi connectivity index (χ3v) is 4.53. The highest BCUT2D eigenvalue weighted by atomic mass is 35.5. The third-order valence-electron chi connectivity index (χ3n) is 4.30. The number of rotatable bonds is 2. The zero-order valence-corrected chi connectivity index (χ0v) is 13.7. The minimum Gasteiger partial charge on any atom is -0.300 e. The molecule has 3 heteroatoms. The van der Waals surface area contributed by atoms with Gasteiger partial charge < -0.3 is 5.32 Å².